The fourth-order valence-corrected chi connectivity index (χ4v) is 4.22. The fraction of sp³-hybridized carbons (Fsp3) is 0.280. The average molecular weight is 515 g/mol. The highest BCUT2D eigenvalue weighted by molar-refractivity contribution is 6.30. The van der Waals surface area contributed by atoms with Crippen molar-refractivity contribution in [1.29, 1.82) is 0 Å². The molecular weight excluding hydrogens is 490 g/mol. The van der Waals surface area contributed by atoms with Crippen LogP contribution in [0.25, 0.3) is 5.69 Å². The number of carbonyl (C=O) groups excluding carboxylic acids is 1. The van der Waals surface area contributed by atoms with E-state index in [0.29, 0.717) is 28.8 Å². The van der Waals surface area contributed by atoms with Crippen LogP contribution in [0.2, 0.25) is 5.02 Å². The van der Waals surface area contributed by atoms with Gasteiger partial charge in [0.1, 0.15) is 29.9 Å². The first-order chi connectivity index (χ1) is 17.2. The quantitative estimate of drug-likeness (QED) is 0.351. The minimum Gasteiger partial charge on any atom is -0.381 e. The van der Waals surface area contributed by atoms with Crippen LogP contribution in [0, 0.1) is 11.6 Å². The van der Waals surface area contributed by atoms with Gasteiger partial charge in [0.25, 0.3) is 5.91 Å². The third-order valence-electron chi connectivity index (χ3n) is 6.00. The van der Waals surface area contributed by atoms with Gasteiger partial charge in [-0.05, 0) is 43.7 Å². The summed E-state index contributed by atoms with van der Waals surface area (Å²) in [5.74, 6) is -2.22. The van der Waals surface area contributed by atoms with E-state index in [2.05, 4.69) is 20.5 Å². The fourth-order valence-electron chi connectivity index (χ4n) is 4.10. The lowest BCUT2D eigenvalue weighted by Crippen LogP contribution is -2.52. The van der Waals surface area contributed by atoms with Crippen molar-refractivity contribution >= 4 is 17.5 Å². The van der Waals surface area contributed by atoms with Gasteiger partial charge in [0, 0.05) is 16.7 Å². The van der Waals surface area contributed by atoms with E-state index in [1.54, 1.807) is 35.9 Å². The van der Waals surface area contributed by atoms with Crippen molar-refractivity contribution in [1.82, 2.24) is 29.9 Å². The number of aromatic nitrogens is 5. The second-order valence-corrected chi connectivity index (χ2v) is 8.92. The molecule has 36 heavy (non-hydrogen) atoms. The number of hydrogen-bond donors (Lipinski definition) is 2. The molecule has 0 aliphatic rings. The molecule has 2 atom stereocenters. The predicted octanol–water partition coefficient (Wildman–Crippen LogP) is 4.05. The van der Waals surface area contributed by atoms with Crippen LogP contribution in [-0.2, 0) is 18.6 Å². The van der Waals surface area contributed by atoms with Gasteiger partial charge in [-0.2, -0.15) is 10.2 Å². The normalized spacial score (nSPS) is 13.8. The van der Waals surface area contributed by atoms with E-state index >= 15 is 0 Å². The molecule has 11 heteroatoms. The van der Waals surface area contributed by atoms with E-state index < -0.39 is 29.2 Å². The summed E-state index contributed by atoms with van der Waals surface area (Å²) in [4.78, 5) is 17.2. The minimum atomic E-state index is -1.97. The highest BCUT2D eigenvalue weighted by atomic mass is 35.5. The van der Waals surface area contributed by atoms with Crippen LogP contribution in [0.15, 0.2) is 61.3 Å². The highest BCUT2D eigenvalue weighted by Gasteiger charge is 2.40. The predicted molar refractivity (Wildman–Crippen MR) is 130 cm³/mol. The maximum absolute atomic E-state index is 14.8. The first-order valence-electron chi connectivity index (χ1n) is 11.4. The largest absolute Gasteiger partial charge is 0.381 e. The maximum Gasteiger partial charge on any atom is 0.255 e. The van der Waals surface area contributed by atoms with Crippen LogP contribution >= 0.6 is 11.6 Å². The first kappa shape index (κ1) is 25.5. The summed E-state index contributed by atoms with van der Waals surface area (Å²) in [7, 11) is 0. The summed E-state index contributed by atoms with van der Waals surface area (Å²) < 4.78 is 31.4. The summed E-state index contributed by atoms with van der Waals surface area (Å²) in [6.07, 6.45) is 5.40. The molecule has 2 heterocycles. The number of carbonyl (C=O) groups is 1. The monoisotopic (exact) mass is 514 g/mol. The van der Waals surface area contributed by atoms with Crippen molar-refractivity contribution in [2.75, 3.05) is 0 Å². The van der Waals surface area contributed by atoms with Gasteiger partial charge in [-0.1, -0.05) is 31.0 Å². The molecule has 2 aromatic heterocycles. The van der Waals surface area contributed by atoms with E-state index in [1.165, 1.54) is 23.5 Å². The molecule has 1 amide bonds. The summed E-state index contributed by atoms with van der Waals surface area (Å²) >= 11 is 6.00. The Morgan fingerprint density at radius 3 is 2.58 bits per heavy atom. The molecule has 188 valence electrons. The van der Waals surface area contributed by atoms with E-state index in [4.69, 9.17) is 11.6 Å². The van der Waals surface area contributed by atoms with Gasteiger partial charge in [-0.25, -0.2) is 23.1 Å². The lowest BCUT2D eigenvalue weighted by molar-refractivity contribution is -0.0186. The number of amides is 1. The molecule has 2 N–H and O–H groups in total. The number of nitrogens with zero attached hydrogens (tertiary/aromatic N) is 5. The van der Waals surface area contributed by atoms with E-state index in [1.807, 2.05) is 6.92 Å². The topological polar surface area (TPSA) is 97.9 Å². The molecule has 4 aromatic rings. The molecule has 0 saturated carbocycles. The summed E-state index contributed by atoms with van der Waals surface area (Å²) in [6.45, 7) is 3.29. The minimum absolute atomic E-state index is 0.183. The van der Waals surface area contributed by atoms with Crippen molar-refractivity contribution in [3.05, 3.63) is 94.8 Å². The number of benzene rings is 2. The smallest absolute Gasteiger partial charge is 0.255 e. The highest BCUT2D eigenvalue weighted by Crippen LogP contribution is 2.30. The summed E-state index contributed by atoms with van der Waals surface area (Å²) in [6, 6.07) is 8.95. The van der Waals surface area contributed by atoms with Crippen molar-refractivity contribution < 1.29 is 18.7 Å². The maximum atomic E-state index is 14.8. The molecule has 0 fully saturated rings. The Bertz CT molecular complexity index is 1340. The van der Waals surface area contributed by atoms with Crippen LogP contribution in [0.4, 0.5) is 8.78 Å². The molecule has 0 radical (unpaired) electrons. The Kier molecular flexibility index (Phi) is 7.46. The summed E-state index contributed by atoms with van der Waals surface area (Å²) in [5.41, 5.74) is -0.416. The van der Waals surface area contributed by atoms with Crippen LogP contribution in [0.1, 0.15) is 41.9 Å². The van der Waals surface area contributed by atoms with Crippen LogP contribution in [0.5, 0.6) is 0 Å². The zero-order valence-corrected chi connectivity index (χ0v) is 20.5. The average Bonchev–Trinajstić information content (AvgIpc) is 3.50. The van der Waals surface area contributed by atoms with Crippen LogP contribution in [0.3, 0.4) is 0 Å². The van der Waals surface area contributed by atoms with Gasteiger partial charge in [0.05, 0.1) is 35.7 Å². The van der Waals surface area contributed by atoms with E-state index in [-0.39, 0.29) is 12.1 Å². The van der Waals surface area contributed by atoms with Gasteiger partial charge >= 0.3 is 0 Å². The van der Waals surface area contributed by atoms with E-state index in [0.717, 1.165) is 24.2 Å². The molecule has 0 spiro atoms. The van der Waals surface area contributed by atoms with Gasteiger partial charge in [0.15, 0.2) is 0 Å². The third-order valence-corrected chi connectivity index (χ3v) is 6.25. The third kappa shape index (κ3) is 5.14. The molecule has 2 unspecified atom stereocenters. The molecular formula is C25H25ClF2N6O2. The number of hydrogen-bond acceptors (Lipinski definition) is 5. The Morgan fingerprint density at radius 2 is 1.94 bits per heavy atom. The summed E-state index contributed by atoms with van der Waals surface area (Å²) in [5, 5.41) is 23.4. The second-order valence-electron chi connectivity index (χ2n) is 8.48. The number of aliphatic hydroxyl groups is 1. The van der Waals surface area contributed by atoms with Gasteiger partial charge in [-0.15, -0.1) is 0 Å². The molecule has 0 bridgehead atoms. The Hall–Kier alpha value is -3.63. The number of nitrogens with one attached hydrogen (secondary N) is 1. The Morgan fingerprint density at radius 1 is 1.19 bits per heavy atom. The van der Waals surface area contributed by atoms with Crippen molar-refractivity contribution in [2.24, 2.45) is 0 Å². The molecule has 0 aliphatic heterocycles. The number of rotatable bonds is 9. The van der Waals surface area contributed by atoms with Crippen LogP contribution in [-0.4, -0.2) is 41.6 Å². The Balaban J connectivity index is 1.67. The first-order valence-corrected chi connectivity index (χ1v) is 11.7. The zero-order valence-electron chi connectivity index (χ0n) is 19.7. The molecule has 0 saturated heterocycles. The second kappa shape index (κ2) is 10.5. The Labute approximate surface area is 211 Å². The van der Waals surface area contributed by atoms with Gasteiger partial charge in [0.2, 0.25) is 0 Å². The van der Waals surface area contributed by atoms with Crippen LogP contribution < -0.4 is 5.32 Å². The molecule has 8 nitrogen and oxygen atoms in total. The van der Waals surface area contributed by atoms with E-state index in [9.17, 15) is 18.7 Å². The van der Waals surface area contributed by atoms with Crippen molar-refractivity contribution in [3.63, 3.8) is 0 Å². The molecule has 4 rings (SSSR count). The van der Waals surface area contributed by atoms with Gasteiger partial charge < -0.3 is 10.4 Å². The lowest BCUT2D eigenvalue weighted by Gasteiger charge is -2.35. The molecule has 2 aromatic carbocycles. The van der Waals surface area contributed by atoms with Crippen molar-refractivity contribution in [3.8, 4) is 5.69 Å². The van der Waals surface area contributed by atoms with Crippen molar-refractivity contribution in [2.45, 2.75) is 44.9 Å². The molecule has 0 aliphatic carbocycles. The number of halogens is 3. The van der Waals surface area contributed by atoms with Gasteiger partial charge in [-0.3, -0.25) is 4.79 Å². The standard InChI is InChI=1S/C25H25ClF2N6O2/c1-3-4-23-20(12-30-34(23)19-8-5-17(26)6-9-19)24(35)32-16(2)25(36,13-33-15-29-14-31-33)21-10-7-18(27)11-22(21)28/h5-12,14-16,36H,3-4,13H2,1-2H3,(H,32,35). The zero-order chi connectivity index (χ0) is 25.9. The lowest BCUT2D eigenvalue weighted by atomic mass is 9.86. The SMILES string of the molecule is CCCc1c(C(=O)NC(C)C(O)(Cn2cncn2)c2ccc(F)cc2F)cnn1-c1ccc(Cl)cc1.